The first kappa shape index (κ1) is 28.6. The Morgan fingerprint density at radius 1 is 0.951 bits per heavy atom. The SMILES string of the molecule is Cc1cc(-c2nc3ccc(-c4ccc(N5CCN(C)CC5)cc4)cc3[nH]2)cc(C)c1OCCCC(=O)NCCCN. The molecule has 216 valence electrons. The minimum atomic E-state index is 0.0431. The molecule has 0 bridgehead atoms. The summed E-state index contributed by atoms with van der Waals surface area (Å²) in [6.45, 7) is 10.2. The average Bonchev–Trinajstić information content (AvgIpc) is 3.41. The van der Waals surface area contributed by atoms with Crippen LogP contribution in [0.15, 0.2) is 54.6 Å². The van der Waals surface area contributed by atoms with Crippen molar-refractivity contribution in [3.63, 3.8) is 0 Å². The zero-order chi connectivity index (χ0) is 28.8. The van der Waals surface area contributed by atoms with Crippen LogP contribution < -0.4 is 20.7 Å². The first-order valence-corrected chi connectivity index (χ1v) is 14.7. The molecule has 1 aromatic heterocycles. The van der Waals surface area contributed by atoms with Gasteiger partial charge in [0, 0.05) is 50.4 Å². The monoisotopic (exact) mass is 554 g/mol. The number of aryl methyl sites for hydroxylation is 2. The number of carbonyl (C=O) groups is 1. The average molecular weight is 555 g/mol. The van der Waals surface area contributed by atoms with Crippen molar-refractivity contribution in [1.82, 2.24) is 20.2 Å². The Morgan fingerprint density at radius 3 is 2.37 bits per heavy atom. The molecule has 4 aromatic rings. The molecule has 0 unspecified atom stereocenters. The molecule has 0 radical (unpaired) electrons. The number of ether oxygens (including phenoxy) is 1. The van der Waals surface area contributed by atoms with Crippen LogP contribution in [0.5, 0.6) is 5.75 Å². The van der Waals surface area contributed by atoms with Crippen molar-refractivity contribution in [2.24, 2.45) is 5.73 Å². The number of hydrogen-bond acceptors (Lipinski definition) is 6. The second-order valence-corrected chi connectivity index (χ2v) is 11.0. The molecule has 0 atom stereocenters. The Labute approximate surface area is 242 Å². The molecule has 1 amide bonds. The molecule has 1 aliphatic heterocycles. The molecule has 8 heteroatoms. The Morgan fingerprint density at radius 2 is 1.66 bits per heavy atom. The summed E-state index contributed by atoms with van der Waals surface area (Å²) in [6, 6.07) is 19.5. The van der Waals surface area contributed by atoms with Crippen LogP contribution in [0.1, 0.15) is 30.4 Å². The number of aromatic nitrogens is 2. The van der Waals surface area contributed by atoms with Crippen LogP contribution in [0.4, 0.5) is 5.69 Å². The molecule has 1 fully saturated rings. The number of piperazine rings is 1. The highest BCUT2D eigenvalue weighted by atomic mass is 16.5. The van der Waals surface area contributed by atoms with Gasteiger partial charge in [0.2, 0.25) is 5.91 Å². The lowest BCUT2D eigenvalue weighted by Gasteiger charge is -2.34. The molecular formula is C33H42N6O2. The topological polar surface area (TPSA) is 99.5 Å². The van der Waals surface area contributed by atoms with E-state index in [4.69, 9.17) is 15.5 Å². The molecule has 0 spiro atoms. The molecule has 0 saturated carbocycles. The van der Waals surface area contributed by atoms with Crippen LogP contribution in [0.2, 0.25) is 0 Å². The molecule has 8 nitrogen and oxygen atoms in total. The number of carbonyl (C=O) groups excluding carboxylic acids is 1. The zero-order valence-electron chi connectivity index (χ0n) is 24.5. The number of anilines is 1. The van der Waals surface area contributed by atoms with Gasteiger partial charge in [-0.3, -0.25) is 4.79 Å². The van der Waals surface area contributed by atoms with Gasteiger partial charge < -0.3 is 30.6 Å². The van der Waals surface area contributed by atoms with Gasteiger partial charge in [-0.15, -0.1) is 0 Å². The number of hydrogen-bond donors (Lipinski definition) is 3. The summed E-state index contributed by atoms with van der Waals surface area (Å²) in [4.78, 5) is 25.1. The van der Waals surface area contributed by atoms with Crippen LogP contribution in [-0.2, 0) is 4.79 Å². The second-order valence-electron chi connectivity index (χ2n) is 11.0. The number of rotatable bonds is 11. The fourth-order valence-electron chi connectivity index (χ4n) is 5.40. The highest BCUT2D eigenvalue weighted by molar-refractivity contribution is 5.85. The van der Waals surface area contributed by atoms with E-state index < -0.39 is 0 Å². The normalized spacial score (nSPS) is 14.0. The van der Waals surface area contributed by atoms with Crippen LogP contribution >= 0.6 is 0 Å². The molecule has 0 aliphatic carbocycles. The van der Waals surface area contributed by atoms with Crippen molar-refractivity contribution < 1.29 is 9.53 Å². The Balaban J connectivity index is 1.24. The van der Waals surface area contributed by atoms with E-state index in [0.29, 0.717) is 32.5 Å². The van der Waals surface area contributed by atoms with Gasteiger partial charge in [0.25, 0.3) is 0 Å². The van der Waals surface area contributed by atoms with E-state index in [-0.39, 0.29) is 5.91 Å². The van der Waals surface area contributed by atoms with E-state index >= 15 is 0 Å². The summed E-state index contributed by atoms with van der Waals surface area (Å²) in [5.41, 5.74) is 14.2. The number of aromatic amines is 1. The third-order valence-corrected chi connectivity index (χ3v) is 7.78. The largest absolute Gasteiger partial charge is 0.493 e. The van der Waals surface area contributed by atoms with E-state index in [1.807, 2.05) is 0 Å². The van der Waals surface area contributed by atoms with Crippen molar-refractivity contribution >= 4 is 22.6 Å². The summed E-state index contributed by atoms with van der Waals surface area (Å²) < 4.78 is 6.07. The van der Waals surface area contributed by atoms with Crippen molar-refractivity contribution in [2.45, 2.75) is 33.1 Å². The van der Waals surface area contributed by atoms with Gasteiger partial charge in [0.15, 0.2) is 0 Å². The summed E-state index contributed by atoms with van der Waals surface area (Å²) in [7, 11) is 2.18. The van der Waals surface area contributed by atoms with Crippen molar-refractivity contribution in [2.75, 3.05) is 57.8 Å². The molecule has 1 saturated heterocycles. The lowest BCUT2D eigenvalue weighted by atomic mass is 10.0. The van der Waals surface area contributed by atoms with Gasteiger partial charge >= 0.3 is 0 Å². The Hall–Kier alpha value is -3.88. The van der Waals surface area contributed by atoms with Gasteiger partial charge in [-0.25, -0.2) is 4.98 Å². The predicted molar refractivity (Wildman–Crippen MR) is 168 cm³/mol. The predicted octanol–water partition coefficient (Wildman–Crippen LogP) is 4.89. The molecule has 41 heavy (non-hydrogen) atoms. The summed E-state index contributed by atoms with van der Waals surface area (Å²) in [6.07, 6.45) is 1.91. The van der Waals surface area contributed by atoms with E-state index in [1.165, 1.54) is 16.8 Å². The summed E-state index contributed by atoms with van der Waals surface area (Å²) in [5, 5.41) is 2.88. The van der Waals surface area contributed by atoms with E-state index in [2.05, 4.69) is 95.6 Å². The minimum absolute atomic E-state index is 0.0431. The third-order valence-electron chi connectivity index (χ3n) is 7.78. The molecule has 4 N–H and O–H groups in total. The summed E-state index contributed by atoms with van der Waals surface area (Å²) >= 11 is 0. The number of benzene rings is 3. The van der Waals surface area contributed by atoms with Crippen LogP contribution in [0, 0.1) is 13.8 Å². The van der Waals surface area contributed by atoms with Gasteiger partial charge in [-0.05, 0) is 98.9 Å². The number of fused-ring (bicyclic) bond motifs is 1. The Bertz CT molecular complexity index is 1450. The highest BCUT2D eigenvalue weighted by Crippen LogP contribution is 2.32. The smallest absolute Gasteiger partial charge is 0.220 e. The van der Waals surface area contributed by atoms with Crippen LogP contribution in [0.25, 0.3) is 33.5 Å². The zero-order valence-corrected chi connectivity index (χ0v) is 24.5. The number of nitrogens with one attached hydrogen (secondary N) is 2. The van der Waals surface area contributed by atoms with E-state index in [9.17, 15) is 4.79 Å². The lowest BCUT2D eigenvalue weighted by molar-refractivity contribution is -0.121. The number of imidazole rings is 1. The van der Waals surface area contributed by atoms with Gasteiger partial charge in [-0.2, -0.15) is 0 Å². The number of amides is 1. The third kappa shape index (κ3) is 7.07. The van der Waals surface area contributed by atoms with E-state index in [1.54, 1.807) is 0 Å². The molecule has 3 aromatic carbocycles. The first-order chi connectivity index (χ1) is 19.9. The number of H-pyrrole nitrogens is 1. The molecule has 2 heterocycles. The number of likely N-dealkylation sites (N-methyl/N-ethyl adjacent to an activating group) is 1. The maximum Gasteiger partial charge on any atom is 0.220 e. The first-order valence-electron chi connectivity index (χ1n) is 14.7. The van der Waals surface area contributed by atoms with E-state index in [0.717, 1.165) is 71.9 Å². The van der Waals surface area contributed by atoms with Crippen molar-refractivity contribution in [3.8, 4) is 28.3 Å². The Kier molecular flexibility index (Phi) is 9.21. The maximum absolute atomic E-state index is 11.9. The van der Waals surface area contributed by atoms with Crippen molar-refractivity contribution in [1.29, 1.82) is 0 Å². The summed E-state index contributed by atoms with van der Waals surface area (Å²) in [5.74, 6) is 1.76. The van der Waals surface area contributed by atoms with Gasteiger partial charge in [0.05, 0.1) is 17.6 Å². The molecular weight excluding hydrogens is 512 g/mol. The maximum atomic E-state index is 11.9. The fourth-order valence-corrected chi connectivity index (χ4v) is 5.40. The fraction of sp³-hybridized carbons (Fsp3) is 0.394. The minimum Gasteiger partial charge on any atom is -0.493 e. The van der Waals surface area contributed by atoms with Gasteiger partial charge in [-0.1, -0.05) is 18.2 Å². The lowest BCUT2D eigenvalue weighted by Crippen LogP contribution is -2.44. The number of nitrogens with two attached hydrogens (primary N) is 1. The number of nitrogens with zero attached hydrogens (tertiary/aromatic N) is 3. The second kappa shape index (κ2) is 13.2. The van der Waals surface area contributed by atoms with Gasteiger partial charge in [0.1, 0.15) is 11.6 Å². The quantitative estimate of drug-likeness (QED) is 0.228. The highest BCUT2D eigenvalue weighted by Gasteiger charge is 2.15. The molecule has 1 aliphatic rings. The molecule has 5 rings (SSSR count). The van der Waals surface area contributed by atoms with Crippen LogP contribution in [-0.4, -0.2) is 73.7 Å². The standard InChI is InChI=1S/C33H42N6O2/c1-23-20-27(21-24(2)32(23)41-19-4-6-31(40)35-14-5-13-34)33-36-29-12-9-26(22-30(29)37-33)25-7-10-28(11-8-25)39-17-15-38(3)16-18-39/h7-12,20-22H,4-6,13-19,34H2,1-3H3,(H,35,40)(H,36,37). The van der Waals surface area contributed by atoms with Crippen molar-refractivity contribution in [3.05, 3.63) is 65.7 Å². The van der Waals surface area contributed by atoms with Crippen LogP contribution in [0.3, 0.4) is 0 Å².